The van der Waals surface area contributed by atoms with Crippen molar-refractivity contribution in [1.29, 1.82) is 0 Å². The van der Waals surface area contributed by atoms with Crippen molar-refractivity contribution < 1.29 is 38.6 Å². The molecule has 0 spiro atoms. The van der Waals surface area contributed by atoms with Crippen LogP contribution in [0.1, 0.15) is 49.7 Å². The molecule has 1 heterocycles. The number of non-ortho nitro benzene ring substituents is 2. The molecular formula is C24H23BrN4O11S. The number of amides is 1. The topological polar surface area (TPSA) is 211 Å². The molecule has 0 fully saturated rings. The summed E-state index contributed by atoms with van der Waals surface area (Å²) in [4.78, 5) is 68.2. The first-order valence-electron chi connectivity index (χ1n) is 11.8. The number of benzene rings is 2. The number of carbonyl (C=O) groups excluding carboxylic acids is 3. The zero-order valence-corrected chi connectivity index (χ0v) is 24.3. The number of nitrogens with one attached hydrogen (secondary N) is 1. The SMILES string of the molecule is CC(=O)Nc1cc2c(cc1[N+](=O)[O-])[C@H](OC(=O)[C@H](C)CSC(=O)c1cc([N+](=O)[O-])cc([N+](=O)[O-])c1)[C@@H](Br)C(C)(C)O2. The van der Waals surface area contributed by atoms with Crippen molar-refractivity contribution in [3.8, 4) is 5.75 Å². The Morgan fingerprint density at radius 1 is 1.05 bits per heavy atom. The van der Waals surface area contributed by atoms with Gasteiger partial charge in [0.2, 0.25) is 11.0 Å². The van der Waals surface area contributed by atoms with Gasteiger partial charge in [0.1, 0.15) is 23.1 Å². The lowest BCUT2D eigenvalue weighted by Crippen LogP contribution is -2.47. The van der Waals surface area contributed by atoms with Crippen LogP contribution in [0.25, 0.3) is 0 Å². The molecule has 1 aliphatic rings. The quantitative estimate of drug-likeness (QED) is 0.162. The Kier molecular flexibility index (Phi) is 9.33. The van der Waals surface area contributed by atoms with Crippen molar-refractivity contribution in [1.82, 2.24) is 0 Å². The Hall–Kier alpha value is -4.12. The molecule has 2 aromatic carbocycles. The Morgan fingerprint density at radius 2 is 1.63 bits per heavy atom. The average molecular weight is 655 g/mol. The van der Waals surface area contributed by atoms with Gasteiger partial charge in [-0.05, 0) is 13.8 Å². The molecule has 0 aromatic heterocycles. The monoisotopic (exact) mass is 654 g/mol. The molecule has 0 aliphatic carbocycles. The molecular weight excluding hydrogens is 632 g/mol. The largest absolute Gasteiger partial charge is 0.486 e. The highest BCUT2D eigenvalue weighted by Gasteiger charge is 2.46. The Balaban J connectivity index is 1.82. The van der Waals surface area contributed by atoms with E-state index in [4.69, 9.17) is 9.47 Å². The van der Waals surface area contributed by atoms with Crippen LogP contribution in [-0.2, 0) is 14.3 Å². The summed E-state index contributed by atoms with van der Waals surface area (Å²) in [6.07, 6.45) is -1.06. The first-order valence-corrected chi connectivity index (χ1v) is 13.7. The number of nitro benzene ring substituents is 3. The predicted molar refractivity (Wildman–Crippen MR) is 149 cm³/mol. The van der Waals surface area contributed by atoms with Crippen LogP contribution >= 0.6 is 27.7 Å². The molecule has 1 amide bonds. The third-order valence-corrected chi connectivity index (χ3v) is 8.66. The number of nitro groups is 3. The fraction of sp³-hybridized carbons (Fsp3) is 0.375. The maximum absolute atomic E-state index is 13.1. The molecule has 17 heteroatoms. The summed E-state index contributed by atoms with van der Waals surface area (Å²) in [7, 11) is 0. The Labute approximate surface area is 244 Å². The maximum atomic E-state index is 13.1. The second-order valence-electron chi connectivity index (χ2n) is 9.56. The van der Waals surface area contributed by atoms with Crippen molar-refractivity contribution in [2.45, 2.75) is 44.2 Å². The van der Waals surface area contributed by atoms with Gasteiger partial charge in [-0.2, -0.15) is 0 Å². The predicted octanol–water partition coefficient (Wildman–Crippen LogP) is 5.10. The molecule has 0 unspecified atom stereocenters. The standard InChI is InChI=1S/C24H23BrN4O11S/c1-11(10-41-23(32)13-5-14(27(33)34)7-15(6-13)28(35)36)22(31)39-20-16-8-18(29(37)38)17(26-12(2)30)9-19(16)40-24(3,4)21(20)25/h5-9,11,20-21H,10H2,1-4H3,(H,26,30)/t11-,20+,21-/m1/s1. The summed E-state index contributed by atoms with van der Waals surface area (Å²) in [5, 5.41) is 35.6. The van der Waals surface area contributed by atoms with Crippen molar-refractivity contribution in [3.63, 3.8) is 0 Å². The van der Waals surface area contributed by atoms with E-state index in [0.29, 0.717) is 11.8 Å². The van der Waals surface area contributed by atoms with Crippen LogP contribution in [0.2, 0.25) is 0 Å². The third kappa shape index (κ3) is 7.15. The summed E-state index contributed by atoms with van der Waals surface area (Å²) >= 11 is 4.08. The van der Waals surface area contributed by atoms with E-state index < -0.39 is 71.3 Å². The van der Waals surface area contributed by atoms with Gasteiger partial charge < -0.3 is 14.8 Å². The van der Waals surface area contributed by atoms with Crippen LogP contribution in [0.4, 0.5) is 22.7 Å². The fourth-order valence-electron chi connectivity index (χ4n) is 3.84. The molecule has 0 bridgehead atoms. The third-order valence-electron chi connectivity index (χ3n) is 5.91. The number of rotatable bonds is 9. The molecule has 0 radical (unpaired) electrons. The van der Waals surface area contributed by atoms with Gasteiger partial charge >= 0.3 is 5.97 Å². The molecule has 1 N–H and O–H groups in total. The number of nitrogens with zero attached hydrogens (tertiary/aromatic N) is 3. The van der Waals surface area contributed by atoms with Crippen LogP contribution in [0.3, 0.4) is 0 Å². The fourth-order valence-corrected chi connectivity index (χ4v) is 5.15. The number of halogens is 1. The lowest BCUT2D eigenvalue weighted by molar-refractivity contribution is -0.394. The minimum Gasteiger partial charge on any atom is -0.486 e. The Bertz CT molecular complexity index is 1430. The number of hydrogen-bond acceptors (Lipinski definition) is 12. The summed E-state index contributed by atoms with van der Waals surface area (Å²) in [6.45, 7) is 6.06. The number of thioether (sulfide) groups is 1. The van der Waals surface area contributed by atoms with E-state index >= 15 is 0 Å². The molecule has 0 saturated heterocycles. The second-order valence-corrected chi connectivity index (χ2v) is 11.5. The lowest BCUT2D eigenvalue weighted by atomic mass is 9.90. The van der Waals surface area contributed by atoms with Gasteiger partial charge in [0.05, 0.1) is 31.6 Å². The van der Waals surface area contributed by atoms with Crippen LogP contribution < -0.4 is 10.1 Å². The smallest absolute Gasteiger partial charge is 0.310 e. The number of hydrogen-bond donors (Lipinski definition) is 1. The first kappa shape index (κ1) is 31.4. The molecule has 1 aliphatic heterocycles. The molecule has 2 aromatic rings. The van der Waals surface area contributed by atoms with Gasteiger partial charge in [0.25, 0.3) is 17.1 Å². The first-order chi connectivity index (χ1) is 19.0. The van der Waals surface area contributed by atoms with E-state index in [2.05, 4.69) is 21.2 Å². The van der Waals surface area contributed by atoms with Crippen LogP contribution in [0.15, 0.2) is 30.3 Å². The molecule has 0 saturated carbocycles. The number of anilines is 1. The number of alkyl halides is 1. The van der Waals surface area contributed by atoms with Crippen molar-refractivity contribution >= 4 is 67.4 Å². The normalized spacial score (nSPS) is 17.8. The summed E-state index contributed by atoms with van der Waals surface area (Å²) in [5.41, 5.74) is -2.86. The van der Waals surface area contributed by atoms with Crippen LogP contribution in [-0.4, -0.2) is 47.9 Å². The van der Waals surface area contributed by atoms with Gasteiger partial charge in [0.15, 0.2) is 0 Å². The van der Waals surface area contributed by atoms with Gasteiger partial charge in [-0.15, -0.1) is 0 Å². The highest BCUT2D eigenvalue weighted by Crippen LogP contribution is 2.48. The summed E-state index contributed by atoms with van der Waals surface area (Å²) in [5.74, 6) is -2.18. The number of ether oxygens (including phenoxy) is 2. The average Bonchev–Trinajstić information content (AvgIpc) is 2.88. The molecule has 3 rings (SSSR count). The van der Waals surface area contributed by atoms with E-state index in [-0.39, 0.29) is 28.3 Å². The zero-order chi connectivity index (χ0) is 30.8. The minimum atomic E-state index is -1.06. The highest BCUT2D eigenvalue weighted by atomic mass is 79.9. The molecule has 218 valence electrons. The van der Waals surface area contributed by atoms with Gasteiger partial charge in [-0.1, -0.05) is 34.6 Å². The van der Waals surface area contributed by atoms with Crippen molar-refractivity contribution in [2.24, 2.45) is 5.92 Å². The van der Waals surface area contributed by atoms with Gasteiger partial charge in [-0.3, -0.25) is 44.7 Å². The zero-order valence-electron chi connectivity index (χ0n) is 21.9. The molecule has 15 nitrogen and oxygen atoms in total. The summed E-state index contributed by atoms with van der Waals surface area (Å²) < 4.78 is 11.7. The highest BCUT2D eigenvalue weighted by molar-refractivity contribution is 9.09. The summed E-state index contributed by atoms with van der Waals surface area (Å²) in [6, 6.07) is 4.98. The van der Waals surface area contributed by atoms with E-state index in [9.17, 15) is 44.7 Å². The van der Waals surface area contributed by atoms with E-state index in [1.54, 1.807) is 13.8 Å². The number of esters is 1. The van der Waals surface area contributed by atoms with E-state index in [1.165, 1.54) is 19.9 Å². The van der Waals surface area contributed by atoms with Crippen LogP contribution in [0, 0.1) is 36.3 Å². The van der Waals surface area contributed by atoms with Crippen molar-refractivity contribution in [3.05, 3.63) is 71.8 Å². The second kappa shape index (κ2) is 12.2. The van der Waals surface area contributed by atoms with Crippen molar-refractivity contribution in [2.75, 3.05) is 11.1 Å². The number of carbonyl (C=O) groups is 3. The lowest BCUT2D eigenvalue weighted by Gasteiger charge is -2.41. The molecule has 41 heavy (non-hydrogen) atoms. The Morgan fingerprint density at radius 3 is 2.15 bits per heavy atom. The van der Waals surface area contributed by atoms with Crippen LogP contribution in [0.5, 0.6) is 5.75 Å². The maximum Gasteiger partial charge on any atom is 0.310 e. The van der Waals surface area contributed by atoms with E-state index in [0.717, 1.165) is 24.3 Å². The molecule has 3 atom stereocenters. The van der Waals surface area contributed by atoms with Gasteiger partial charge in [0, 0.05) is 48.1 Å². The van der Waals surface area contributed by atoms with E-state index in [1.807, 2.05) is 0 Å². The number of fused-ring (bicyclic) bond motifs is 1. The minimum absolute atomic E-state index is 0.0974. The van der Waals surface area contributed by atoms with Gasteiger partial charge in [-0.25, -0.2) is 0 Å².